The van der Waals surface area contributed by atoms with Crippen LogP contribution in [0.2, 0.25) is 0 Å². The van der Waals surface area contributed by atoms with E-state index in [1.165, 1.54) is 11.3 Å². The van der Waals surface area contributed by atoms with Gasteiger partial charge in [0.1, 0.15) is 6.10 Å². The molecule has 1 aliphatic carbocycles. The third kappa shape index (κ3) is 4.73. The number of anilines is 1. The van der Waals surface area contributed by atoms with E-state index in [-0.39, 0.29) is 17.7 Å². The number of oxime groups is 1. The molecule has 0 spiro atoms. The second-order valence-corrected chi connectivity index (χ2v) is 8.00. The maximum absolute atomic E-state index is 12.6. The summed E-state index contributed by atoms with van der Waals surface area (Å²) in [7, 11) is -1.07. The monoisotopic (exact) mass is 377 g/mol. The van der Waals surface area contributed by atoms with Crippen LogP contribution in [0.25, 0.3) is 0 Å². The van der Waals surface area contributed by atoms with E-state index >= 15 is 0 Å². The Morgan fingerprint density at radius 1 is 1.32 bits per heavy atom. The Bertz CT molecular complexity index is 767. The summed E-state index contributed by atoms with van der Waals surface area (Å²) < 4.78 is 11.5. The van der Waals surface area contributed by atoms with E-state index in [0.29, 0.717) is 15.6 Å². The van der Waals surface area contributed by atoms with Crippen molar-refractivity contribution in [2.45, 2.75) is 36.7 Å². The molecule has 1 atom stereocenters. The lowest BCUT2D eigenvalue weighted by molar-refractivity contribution is -0.110. The van der Waals surface area contributed by atoms with Crippen LogP contribution >= 0.6 is 11.3 Å². The smallest absolute Gasteiger partial charge is 0.280 e. The number of thiazole rings is 1. The second kappa shape index (κ2) is 8.35. The van der Waals surface area contributed by atoms with Gasteiger partial charge in [0.2, 0.25) is 0 Å². The van der Waals surface area contributed by atoms with Crippen molar-refractivity contribution < 1.29 is 13.8 Å². The zero-order valence-electron chi connectivity index (χ0n) is 13.8. The van der Waals surface area contributed by atoms with E-state index in [1.54, 1.807) is 42.1 Å². The van der Waals surface area contributed by atoms with Gasteiger partial charge in [-0.05, 0) is 37.8 Å². The maximum Gasteiger partial charge on any atom is 0.280 e. The van der Waals surface area contributed by atoms with Crippen molar-refractivity contribution in [3.63, 3.8) is 0 Å². The molecule has 0 saturated heterocycles. The molecule has 1 aromatic heterocycles. The first-order chi connectivity index (χ1) is 12.1. The van der Waals surface area contributed by atoms with Crippen molar-refractivity contribution in [2.75, 3.05) is 11.6 Å². The molecule has 8 heteroatoms. The van der Waals surface area contributed by atoms with Crippen LogP contribution in [-0.2, 0) is 20.4 Å². The second-order valence-electron chi connectivity index (χ2n) is 5.72. The largest absolute Gasteiger partial charge is 0.392 e. The number of carbonyl (C=O) groups excluding carboxylic acids is 1. The highest BCUT2D eigenvalue weighted by Gasteiger charge is 2.20. The number of nitrogens with zero attached hydrogens (tertiary/aromatic N) is 2. The highest BCUT2D eigenvalue weighted by Crippen LogP contribution is 2.22. The molecule has 0 bridgehead atoms. The number of carbonyl (C=O) groups is 1. The van der Waals surface area contributed by atoms with Crippen LogP contribution in [0.15, 0.2) is 45.9 Å². The fourth-order valence-electron chi connectivity index (χ4n) is 2.59. The Kier molecular flexibility index (Phi) is 5.93. The summed E-state index contributed by atoms with van der Waals surface area (Å²) in [6, 6.07) is 6.92. The number of hydrogen-bond acceptors (Lipinski definition) is 6. The third-order valence-corrected chi connectivity index (χ3v) is 5.55. The molecule has 1 aromatic carbocycles. The van der Waals surface area contributed by atoms with Gasteiger partial charge < -0.3 is 4.84 Å². The first-order valence-corrected chi connectivity index (χ1v) is 10.5. The maximum atomic E-state index is 12.6. The van der Waals surface area contributed by atoms with Crippen molar-refractivity contribution >= 4 is 38.9 Å². The fourth-order valence-corrected chi connectivity index (χ4v) is 3.64. The Hall–Kier alpha value is -2.06. The first kappa shape index (κ1) is 17.8. The molecule has 1 fully saturated rings. The molecular formula is C17H19N3O3S2. The molecule has 0 aliphatic heterocycles. The zero-order valence-corrected chi connectivity index (χ0v) is 15.4. The molecule has 1 unspecified atom stereocenters. The van der Waals surface area contributed by atoms with Crippen molar-refractivity contribution in [1.82, 2.24) is 4.98 Å². The van der Waals surface area contributed by atoms with Gasteiger partial charge in [-0.25, -0.2) is 4.98 Å². The van der Waals surface area contributed by atoms with E-state index in [0.717, 1.165) is 25.7 Å². The average Bonchev–Trinajstić information content (AvgIpc) is 3.29. The predicted molar refractivity (Wildman–Crippen MR) is 99.4 cm³/mol. The van der Waals surface area contributed by atoms with Gasteiger partial charge in [0, 0.05) is 39.1 Å². The molecule has 1 N–H and O–H groups in total. The Labute approximate surface area is 152 Å². The molecule has 25 heavy (non-hydrogen) atoms. The van der Waals surface area contributed by atoms with Crippen molar-refractivity contribution in [3.05, 3.63) is 41.4 Å². The predicted octanol–water partition coefficient (Wildman–Crippen LogP) is 3.18. The minimum atomic E-state index is -1.07. The third-order valence-electron chi connectivity index (χ3n) is 3.92. The van der Waals surface area contributed by atoms with E-state index < -0.39 is 10.8 Å². The standard InChI is InChI=1S/C17H19N3O3S2/c1-25(22)14-8-6-12(7-9-14)15(20-23-13-4-2-3-5-13)16(21)19-17-18-10-11-24-17/h6-11,13H,2-5H2,1H3,(H,18,19,21). The van der Waals surface area contributed by atoms with Gasteiger partial charge in [-0.3, -0.25) is 14.3 Å². The van der Waals surface area contributed by atoms with Crippen molar-refractivity contribution in [2.24, 2.45) is 5.16 Å². The van der Waals surface area contributed by atoms with Crippen LogP contribution in [0.4, 0.5) is 5.13 Å². The molecule has 3 rings (SSSR count). The topological polar surface area (TPSA) is 80.6 Å². The Balaban J connectivity index is 1.83. The summed E-state index contributed by atoms with van der Waals surface area (Å²) >= 11 is 1.33. The van der Waals surface area contributed by atoms with Crippen LogP contribution in [-0.4, -0.2) is 33.2 Å². The number of amides is 1. The molecule has 2 aromatic rings. The van der Waals surface area contributed by atoms with E-state index in [1.807, 2.05) is 0 Å². The van der Waals surface area contributed by atoms with Gasteiger partial charge in [0.15, 0.2) is 10.8 Å². The van der Waals surface area contributed by atoms with Crippen LogP contribution in [0.1, 0.15) is 31.2 Å². The summed E-state index contributed by atoms with van der Waals surface area (Å²) in [5.74, 6) is -0.377. The molecule has 0 radical (unpaired) electrons. The van der Waals surface area contributed by atoms with Crippen LogP contribution < -0.4 is 5.32 Å². The van der Waals surface area contributed by atoms with E-state index in [4.69, 9.17) is 4.84 Å². The van der Waals surface area contributed by atoms with Gasteiger partial charge >= 0.3 is 0 Å². The highest BCUT2D eigenvalue weighted by atomic mass is 32.2. The van der Waals surface area contributed by atoms with E-state index in [9.17, 15) is 9.00 Å². The van der Waals surface area contributed by atoms with Crippen LogP contribution in [0.3, 0.4) is 0 Å². The Morgan fingerprint density at radius 2 is 2.04 bits per heavy atom. The summed E-state index contributed by atoms with van der Waals surface area (Å²) in [6.45, 7) is 0. The summed E-state index contributed by atoms with van der Waals surface area (Å²) in [4.78, 5) is 23.0. The average molecular weight is 377 g/mol. The molecule has 1 aliphatic rings. The van der Waals surface area contributed by atoms with Gasteiger partial charge in [-0.1, -0.05) is 17.3 Å². The van der Waals surface area contributed by atoms with Gasteiger partial charge in [-0.2, -0.15) is 0 Å². The highest BCUT2D eigenvalue weighted by molar-refractivity contribution is 7.84. The zero-order chi connectivity index (χ0) is 17.6. The van der Waals surface area contributed by atoms with Crippen molar-refractivity contribution in [1.29, 1.82) is 0 Å². The fraction of sp³-hybridized carbons (Fsp3) is 0.353. The molecule has 132 valence electrons. The van der Waals surface area contributed by atoms with Gasteiger partial charge in [0.25, 0.3) is 5.91 Å². The van der Waals surface area contributed by atoms with Gasteiger partial charge in [0.05, 0.1) is 0 Å². The molecule has 6 nitrogen and oxygen atoms in total. The lowest BCUT2D eigenvalue weighted by Crippen LogP contribution is -2.25. The number of benzene rings is 1. The summed E-state index contributed by atoms with van der Waals surface area (Å²) in [5.41, 5.74) is 0.803. The summed E-state index contributed by atoms with van der Waals surface area (Å²) in [5, 5.41) is 9.16. The summed E-state index contributed by atoms with van der Waals surface area (Å²) in [6.07, 6.45) is 7.46. The number of rotatable bonds is 6. The lowest BCUT2D eigenvalue weighted by Gasteiger charge is -2.10. The van der Waals surface area contributed by atoms with Crippen LogP contribution in [0, 0.1) is 0 Å². The quantitative estimate of drug-likeness (QED) is 0.619. The first-order valence-electron chi connectivity index (χ1n) is 8.02. The molecule has 1 amide bonds. The van der Waals surface area contributed by atoms with Crippen LogP contribution in [0.5, 0.6) is 0 Å². The normalized spacial score (nSPS) is 16.6. The molecular weight excluding hydrogens is 358 g/mol. The lowest BCUT2D eigenvalue weighted by atomic mass is 10.1. The van der Waals surface area contributed by atoms with E-state index in [2.05, 4.69) is 15.5 Å². The van der Waals surface area contributed by atoms with Crippen molar-refractivity contribution in [3.8, 4) is 0 Å². The minimum absolute atomic E-state index is 0.0603. The number of hydrogen-bond donors (Lipinski definition) is 1. The molecule has 1 heterocycles. The number of aromatic nitrogens is 1. The minimum Gasteiger partial charge on any atom is -0.392 e. The SMILES string of the molecule is CS(=O)c1ccc(C(=NOC2CCCC2)C(=O)Nc2nccs2)cc1. The molecule has 1 saturated carbocycles. The Morgan fingerprint density at radius 3 is 2.64 bits per heavy atom. The number of nitrogens with one attached hydrogen (secondary N) is 1. The van der Waals surface area contributed by atoms with Gasteiger partial charge in [-0.15, -0.1) is 11.3 Å².